The topological polar surface area (TPSA) is 77.8 Å². The van der Waals surface area contributed by atoms with Crippen LogP contribution in [0.4, 0.5) is 0 Å². The van der Waals surface area contributed by atoms with Gasteiger partial charge < -0.3 is 10.2 Å². The Kier molecular flexibility index (Phi) is 7.76. The second-order valence-corrected chi connectivity index (χ2v) is 3.86. The molecule has 2 N–H and O–H groups in total. The number of nitrogens with zero attached hydrogens (tertiary/aromatic N) is 1. The number of carbonyl (C=O) groups is 2. The molecule has 0 bridgehead atoms. The van der Waals surface area contributed by atoms with E-state index < -0.39 is 12.0 Å². The minimum atomic E-state index is -0.944. The number of aliphatic carboxylic acids is 1. The van der Waals surface area contributed by atoms with Gasteiger partial charge in [0.15, 0.2) is 0 Å². The lowest BCUT2D eigenvalue weighted by Crippen LogP contribution is -2.44. The van der Waals surface area contributed by atoms with Gasteiger partial charge in [-0.05, 0) is 26.3 Å². The summed E-state index contributed by atoms with van der Waals surface area (Å²) in [5.41, 5.74) is 0. The van der Waals surface area contributed by atoms with E-state index in [2.05, 4.69) is 0 Å². The molecular formula is C11H21NO4. The summed E-state index contributed by atoms with van der Waals surface area (Å²) < 4.78 is 0. The van der Waals surface area contributed by atoms with Crippen LogP contribution < -0.4 is 0 Å². The highest BCUT2D eigenvalue weighted by molar-refractivity contribution is 5.82. The first-order valence-electron chi connectivity index (χ1n) is 5.60. The second-order valence-electron chi connectivity index (χ2n) is 3.86. The quantitative estimate of drug-likeness (QED) is 0.604. The van der Waals surface area contributed by atoms with Crippen LogP contribution in [0.2, 0.25) is 0 Å². The number of carbonyl (C=O) groups excluding carboxylic acids is 1. The molecule has 0 spiro atoms. The second kappa shape index (κ2) is 8.24. The fourth-order valence-electron chi connectivity index (χ4n) is 1.65. The van der Waals surface area contributed by atoms with Gasteiger partial charge in [0.25, 0.3) is 0 Å². The van der Waals surface area contributed by atoms with Crippen molar-refractivity contribution in [2.45, 2.75) is 39.2 Å². The number of hydrogen-bond donors (Lipinski definition) is 2. The van der Waals surface area contributed by atoms with Crippen LogP contribution in [0.1, 0.15) is 33.1 Å². The fraction of sp³-hybridized carbons (Fsp3) is 0.818. The molecule has 0 heterocycles. The zero-order valence-electron chi connectivity index (χ0n) is 9.98. The predicted molar refractivity (Wildman–Crippen MR) is 60.3 cm³/mol. The van der Waals surface area contributed by atoms with Crippen LogP contribution in [0.3, 0.4) is 0 Å². The van der Waals surface area contributed by atoms with Gasteiger partial charge in [-0.25, -0.2) is 0 Å². The van der Waals surface area contributed by atoms with Crippen molar-refractivity contribution in [2.24, 2.45) is 0 Å². The number of carboxylic acids is 1. The Morgan fingerprint density at radius 2 is 2.00 bits per heavy atom. The highest BCUT2D eigenvalue weighted by Crippen LogP contribution is 2.07. The van der Waals surface area contributed by atoms with Crippen LogP contribution in [-0.2, 0) is 9.59 Å². The lowest BCUT2D eigenvalue weighted by Gasteiger charge is -2.27. The van der Waals surface area contributed by atoms with Gasteiger partial charge in [-0.2, -0.15) is 0 Å². The molecule has 0 saturated heterocycles. The monoisotopic (exact) mass is 231 g/mol. The summed E-state index contributed by atoms with van der Waals surface area (Å²) >= 11 is 0. The van der Waals surface area contributed by atoms with Crippen LogP contribution in [0, 0.1) is 0 Å². The highest BCUT2D eigenvalue weighted by atomic mass is 16.4. The Balaban J connectivity index is 4.52. The molecule has 1 atom stereocenters. The number of aliphatic hydroxyl groups is 1. The molecule has 1 unspecified atom stereocenters. The van der Waals surface area contributed by atoms with Gasteiger partial charge in [-0.15, -0.1) is 0 Å². The number of aliphatic hydroxyl groups excluding tert-OH is 1. The van der Waals surface area contributed by atoms with Gasteiger partial charge in [0.1, 0.15) is 5.78 Å². The zero-order valence-corrected chi connectivity index (χ0v) is 9.98. The summed E-state index contributed by atoms with van der Waals surface area (Å²) in [5.74, 6) is -1.04. The smallest absolute Gasteiger partial charge is 0.317 e. The molecule has 0 saturated carbocycles. The Morgan fingerprint density at radius 1 is 1.38 bits per heavy atom. The predicted octanol–water partition coefficient (Wildman–Crippen LogP) is 0.513. The van der Waals surface area contributed by atoms with Crippen molar-refractivity contribution in [2.75, 3.05) is 19.7 Å². The minimum absolute atomic E-state index is 0.0913. The molecular weight excluding hydrogens is 210 g/mol. The summed E-state index contributed by atoms with van der Waals surface area (Å²) in [4.78, 5) is 23.7. The maximum atomic E-state index is 11.4. The highest BCUT2D eigenvalue weighted by Gasteiger charge is 2.23. The molecule has 5 heteroatoms. The van der Waals surface area contributed by atoms with Crippen molar-refractivity contribution in [1.29, 1.82) is 0 Å². The van der Waals surface area contributed by atoms with Gasteiger partial charge in [0.2, 0.25) is 0 Å². The van der Waals surface area contributed by atoms with Crippen LogP contribution in [-0.4, -0.2) is 52.6 Å². The van der Waals surface area contributed by atoms with Gasteiger partial charge >= 0.3 is 5.97 Å². The lowest BCUT2D eigenvalue weighted by atomic mass is 10.1. The van der Waals surface area contributed by atoms with E-state index in [1.165, 1.54) is 6.92 Å². The largest absolute Gasteiger partial charge is 0.480 e. The number of hydrogen-bond acceptors (Lipinski definition) is 4. The van der Waals surface area contributed by atoms with E-state index in [0.717, 1.165) is 12.8 Å². The SMILES string of the molecule is CCCCN(CC(=O)O)C(CCO)C(C)=O. The molecule has 5 nitrogen and oxygen atoms in total. The van der Waals surface area contributed by atoms with Crippen molar-refractivity contribution in [1.82, 2.24) is 4.90 Å². The van der Waals surface area contributed by atoms with Crippen molar-refractivity contribution in [3.05, 3.63) is 0 Å². The van der Waals surface area contributed by atoms with E-state index in [-0.39, 0.29) is 18.9 Å². The molecule has 0 rings (SSSR count). The molecule has 0 aromatic carbocycles. The average molecular weight is 231 g/mol. The average Bonchev–Trinajstić information content (AvgIpc) is 2.20. The number of Topliss-reactive ketones (excluding diaryl/α,β-unsaturated/α-hetero) is 1. The van der Waals surface area contributed by atoms with Crippen molar-refractivity contribution in [3.8, 4) is 0 Å². The first kappa shape index (κ1) is 15.1. The molecule has 0 fully saturated rings. The van der Waals surface area contributed by atoms with E-state index in [1.807, 2.05) is 6.92 Å². The Hall–Kier alpha value is -0.940. The van der Waals surface area contributed by atoms with Gasteiger partial charge in [0, 0.05) is 6.61 Å². The molecule has 0 aliphatic heterocycles. The number of rotatable bonds is 9. The van der Waals surface area contributed by atoms with Crippen molar-refractivity contribution >= 4 is 11.8 Å². The first-order chi connectivity index (χ1) is 7.52. The Morgan fingerprint density at radius 3 is 2.38 bits per heavy atom. The minimum Gasteiger partial charge on any atom is -0.480 e. The van der Waals surface area contributed by atoms with Gasteiger partial charge in [0.05, 0.1) is 12.6 Å². The summed E-state index contributed by atoms with van der Waals surface area (Å²) in [5, 5.41) is 17.6. The Bertz CT molecular complexity index is 230. The third-order valence-electron chi connectivity index (χ3n) is 2.45. The van der Waals surface area contributed by atoms with Crippen LogP contribution in [0.5, 0.6) is 0 Å². The van der Waals surface area contributed by atoms with E-state index in [1.54, 1.807) is 4.90 Å². The summed E-state index contributed by atoms with van der Waals surface area (Å²) in [6.45, 7) is 3.76. The van der Waals surface area contributed by atoms with E-state index in [9.17, 15) is 9.59 Å². The molecule has 0 aliphatic rings. The maximum absolute atomic E-state index is 11.4. The number of ketones is 1. The molecule has 94 valence electrons. The third-order valence-corrected chi connectivity index (χ3v) is 2.45. The van der Waals surface area contributed by atoms with Crippen LogP contribution in [0.15, 0.2) is 0 Å². The summed E-state index contributed by atoms with van der Waals surface area (Å²) in [6, 6.07) is -0.479. The van der Waals surface area contributed by atoms with E-state index in [4.69, 9.17) is 10.2 Å². The van der Waals surface area contributed by atoms with E-state index in [0.29, 0.717) is 13.0 Å². The fourth-order valence-corrected chi connectivity index (χ4v) is 1.65. The summed E-state index contributed by atoms with van der Waals surface area (Å²) in [6.07, 6.45) is 2.09. The molecule has 16 heavy (non-hydrogen) atoms. The molecule has 0 aromatic heterocycles. The molecule has 0 amide bonds. The number of unbranched alkanes of at least 4 members (excludes halogenated alkanes) is 1. The van der Waals surface area contributed by atoms with Crippen molar-refractivity contribution < 1.29 is 19.8 Å². The van der Waals surface area contributed by atoms with Gasteiger partial charge in [-0.3, -0.25) is 14.5 Å². The molecule has 0 radical (unpaired) electrons. The summed E-state index contributed by atoms with van der Waals surface area (Å²) in [7, 11) is 0. The standard InChI is InChI=1S/C11H21NO4/c1-3-4-6-12(8-11(15)16)10(5-7-13)9(2)14/h10,13H,3-8H2,1-2H3,(H,15,16). The van der Waals surface area contributed by atoms with E-state index >= 15 is 0 Å². The molecule has 0 aliphatic carbocycles. The third kappa shape index (κ3) is 5.82. The number of carboxylic acid groups (broad SMARTS) is 1. The van der Waals surface area contributed by atoms with Gasteiger partial charge in [-0.1, -0.05) is 13.3 Å². The van der Waals surface area contributed by atoms with Crippen molar-refractivity contribution in [3.63, 3.8) is 0 Å². The molecule has 0 aromatic rings. The Labute approximate surface area is 96.1 Å². The zero-order chi connectivity index (χ0) is 12.6. The first-order valence-corrected chi connectivity index (χ1v) is 5.60. The normalized spacial score (nSPS) is 12.8. The van der Waals surface area contributed by atoms with Crippen LogP contribution in [0.25, 0.3) is 0 Å². The lowest BCUT2D eigenvalue weighted by molar-refractivity contribution is -0.139. The maximum Gasteiger partial charge on any atom is 0.317 e. The van der Waals surface area contributed by atoms with Crippen LogP contribution >= 0.6 is 0 Å².